The summed E-state index contributed by atoms with van der Waals surface area (Å²) in [6.45, 7) is 2.11. The van der Waals surface area contributed by atoms with Gasteiger partial charge in [0.25, 0.3) is 0 Å². The summed E-state index contributed by atoms with van der Waals surface area (Å²) < 4.78 is 7.86. The summed E-state index contributed by atoms with van der Waals surface area (Å²) in [6, 6.07) is 23.0. The van der Waals surface area contributed by atoms with Crippen LogP contribution < -0.4 is 10.1 Å². The van der Waals surface area contributed by atoms with Crippen LogP contribution in [0.4, 0.5) is 5.69 Å². The predicted octanol–water partition coefficient (Wildman–Crippen LogP) is 4.34. The number of benzene rings is 2. The number of ether oxygens (including phenoxy) is 1. The zero-order chi connectivity index (χ0) is 21.8. The zero-order valence-corrected chi connectivity index (χ0v) is 17.7. The van der Waals surface area contributed by atoms with Crippen molar-refractivity contribution in [2.45, 2.75) is 18.8 Å². The van der Waals surface area contributed by atoms with E-state index in [-0.39, 0.29) is 5.91 Å². The second-order valence-corrected chi connectivity index (χ2v) is 8.03. The van der Waals surface area contributed by atoms with Crippen LogP contribution in [0, 0.1) is 0 Å². The number of likely N-dealkylation sites (tertiary alicyclic amines) is 1. The Labute approximate surface area is 186 Å². The van der Waals surface area contributed by atoms with Crippen molar-refractivity contribution in [2.75, 3.05) is 25.0 Å². The highest BCUT2D eigenvalue weighted by Gasteiger charge is 2.25. The molecule has 1 aliphatic rings. The smallest absolute Gasteiger partial charge is 0.238 e. The number of piperidine rings is 1. The molecule has 1 N–H and O–H groups in total. The lowest BCUT2D eigenvalue weighted by Crippen LogP contribution is -2.39. The molecule has 7 heteroatoms. The first-order valence-electron chi connectivity index (χ1n) is 10.9. The van der Waals surface area contributed by atoms with Crippen molar-refractivity contribution in [1.29, 1.82) is 0 Å². The molecule has 32 heavy (non-hydrogen) atoms. The van der Waals surface area contributed by atoms with Crippen molar-refractivity contribution in [3.05, 3.63) is 84.8 Å². The fourth-order valence-electron chi connectivity index (χ4n) is 4.12. The summed E-state index contributed by atoms with van der Waals surface area (Å²) in [5, 5.41) is 11.6. The first-order chi connectivity index (χ1) is 15.7. The van der Waals surface area contributed by atoms with E-state index in [1.54, 1.807) is 0 Å². The van der Waals surface area contributed by atoms with Crippen LogP contribution in [-0.2, 0) is 4.79 Å². The van der Waals surface area contributed by atoms with E-state index in [0.29, 0.717) is 12.5 Å². The first-order valence-corrected chi connectivity index (χ1v) is 10.9. The molecule has 2 aromatic carbocycles. The number of rotatable bonds is 6. The SMILES string of the molecule is O=C(CN1CCC(c2nnc3ccccn23)CC1)Nc1ccc(Oc2ccccc2)cc1. The summed E-state index contributed by atoms with van der Waals surface area (Å²) >= 11 is 0. The minimum absolute atomic E-state index is 0.00638. The molecule has 4 aromatic rings. The number of carbonyl (C=O) groups is 1. The number of pyridine rings is 1. The molecular formula is C25H25N5O2. The average Bonchev–Trinajstić information content (AvgIpc) is 3.26. The summed E-state index contributed by atoms with van der Waals surface area (Å²) in [5.41, 5.74) is 1.64. The van der Waals surface area contributed by atoms with Gasteiger partial charge in [-0.2, -0.15) is 0 Å². The zero-order valence-electron chi connectivity index (χ0n) is 17.7. The Hall–Kier alpha value is -3.71. The number of nitrogens with zero attached hydrogens (tertiary/aromatic N) is 4. The average molecular weight is 428 g/mol. The maximum atomic E-state index is 12.5. The van der Waals surface area contributed by atoms with Crippen LogP contribution in [0.3, 0.4) is 0 Å². The number of amides is 1. The molecule has 1 aliphatic heterocycles. The van der Waals surface area contributed by atoms with Crippen molar-refractivity contribution in [2.24, 2.45) is 0 Å². The van der Waals surface area contributed by atoms with E-state index < -0.39 is 0 Å². The van der Waals surface area contributed by atoms with Gasteiger partial charge < -0.3 is 10.1 Å². The molecule has 1 fully saturated rings. The van der Waals surface area contributed by atoms with Crippen molar-refractivity contribution in [3.63, 3.8) is 0 Å². The van der Waals surface area contributed by atoms with Gasteiger partial charge in [0.2, 0.25) is 5.91 Å². The van der Waals surface area contributed by atoms with Gasteiger partial charge in [-0.3, -0.25) is 14.1 Å². The Morgan fingerprint density at radius 3 is 2.41 bits per heavy atom. The lowest BCUT2D eigenvalue weighted by Gasteiger charge is -2.30. The number of anilines is 1. The minimum atomic E-state index is -0.00638. The number of para-hydroxylation sites is 1. The third-order valence-corrected chi connectivity index (χ3v) is 5.78. The summed E-state index contributed by atoms with van der Waals surface area (Å²) in [4.78, 5) is 14.7. The van der Waals surface area contributed by atoms with Crippen molar-refractivity contribution in [3.8, 4) is 11.5 Å². The Morgan fingerprint density at radius 2 is 1.62 bits per heavy atom. The molecule has 0 radical (unpaired) electrons. The Balaban J connectivity index is 1.11. The molecule has 2 aromatic heterocycles. The third kappa shape index (κ3) is 4.63. The lowest BCUT2D eigenvalue weighted by molar-refractivity contribution is -0.117. The fourth-order valence-corrected chi connectivity index (χ4v) is 4.12. The molecule has 0 saturated carbocycles. The number of carbonyl (C=O) groups excluding carboxylic acids is 1. The van der Waals surface area contributed by atoms with Gasteiger partial charge in [0.15, 0.2) is 5.65 Å². The van der Waals surface area contributed by atoms with Gasteiger partial charge in [-0.25, -0.2) is 0 Å². The molecule has 7 nitrogen and oxygen atoms in total. The van der Waals surface area contributed by atoms with E-state index in [1.165, 1.54) is 0 Å². The van der Waals surface area contributed by atoms with Crippen molar-refractivity contribution >= 4 is 17.2 Å². The van der Waals surface area contributed by atoms with E-state index in [0.717, 1.165) is 54.6 Å². The highest BCUT2D eigenvalue weighted by atomic mass is 16.5. The third-order valence-electron chi connectivity index (χ3n) is 5.78. The molecule has 0 spiro atoms. The molecule has 3 heterocycles. The van der Waals surface area contributed by atoms with Crippen LogP contribution in [0.5, 0.6) is 11.5 Å². The molecule has 0 atom stereocenters. The topological polar surface area (TPSA) is 71.8 Å². The van der Waals surface area contributed by atoms with Gasteiger partial charge >= 0.3 is 0 Å². The number of fused-ring (bicyclic) bond motifs is 1. The van der Waals surface area contributed by atoms with Crippen molar-refractivity contribution in [1.82, 2.24) is 19.5 Å². The fraction of sp³-hybridized carbons (Fsp3) is 0.240. The molecule has 5 rings (SSSR count). The monoisotopic (exact) mass is 427 g/mol. The van der Waals surface area contributed by atoms with E-state index in [2.05, 4.69) is 24.8 Å². The maximum absolute atomic E-state index is 12.5. The normalized spacial score (nSPS) is 15.0. The lowest BCUT2D eigenvalue weighted by atomic mass is 9.96. The Bertz CT molecular complexity index is 1180. The Morgan fingerprint density at radius 1 is 0.906 bits per heavy atom. The highest BCUT2D eigenvalue weighted by molar-refractivity contribution is 5.92. The summed E-state index contributed by atoms with van der Waals surface area (Å²) in [5.74, 6) is 2.89. The Kier molecular flexibility index (Phi) is 5.81. The van der Waals surface area contributed by atoms with Gasteiger partial charge in [-0.1, -0.05) is 24.3 Å². The maximum Gasteiger partial charge on any atom is 0.238 e. The second-order valence-electron chi connectivity index (χ2n) is 8.03. The number of hydrogen-bond acceptors (Lipinski definition) is 5. The van der Waals surface area contributed by atoms with Crippen LogP contribution >= 0.6 is 0 Å². The quantitative estimate of drug-likeness (QED) is 0.496. The summed E-state index contributed by atoms with van der Waals surface area (Å²) in [6.07, 6.45) is 3.95. The number of aromatic nitrogens is 3. The first kappa shape index (κ1) is 20.2. The van der Waals surface area contributed by atoms with Gasteiger partial charge in [0.05, 0.1) is 6.54 Å². The van der Waals surface area contributed by atoms with Crippen LogP contribution in [0.1, 0.15) is 24.6 Å². The number of hydrogen-bond donors (Lipinski definition) is 1. The van der Waals surface area contributed by atoms with Crippen molar-refractivity contribution < 1.29 is 9.53 Å². The van der Waals surface area contributed by atoms with E-state index in [4.69, 9.17) is 4.74 Å². The van der Waals surface area contributed by atoms with E-state index >= 15 is 0 Å². The molecule has 1 amide bonds. The predicted molar refractivity (Wildman–Crippen MR) is 123 cm³/mol. The molecule has 162 valence electrons. The van der Waals surface area contributed by atoms with Crippen LogP contribution in [0.15, 0.2) is 79.0 Å². The summed E-state index contributed by atoms with van der Waals surface area (Å²) in [7, 11) is 0. The van der Waals surface area contributed by atoms with Gasteiger partial charge in [-0.15, -0.1) is 10.2 Å². The second kappa shape index (κ2) is 9.20. The molecule has 0 aliphatic carbocycles. The van der Waals surface area contributed by atoms with Gasteiger partial charge in [0, 0.05) is 17.8 Å². The van der Waals surface area contributed by atoms with Crippen LogP contribution in [0.25, 0.3) is 5.65 Å². The number of nitrogens with one attached hydrogen (secondary N) is 1. The highest BCUT2D eigenvalue weighted by Crippen LogP contribution is 2.27. The minimum Gasteiger partial charge on any atom is -0.457 e. The van der Waals surface area contributed by atoms with E-state index in [9.17, 15) is 4.79 Å². The molecular weight excluding hydrogens is 402 g/mol. The van der Waals surface area contributed by atoms with Crippen LogP contribution in [0.2, 0.25) is 0 Å². The van der Waals surface area contributed by atoms with Crippen LogP contribution in [-0.4, -0.2) is 45.0 Å². The van der Waals surface area contributed by atoms with Gasteiger partial charge in [-0.05, 0) is 74.5 Å². The standard InChI is InChI=1S/C25H25N5O2/c31-24(26-20-9-11-22(12-10-20)32-21-6-2-1-3-7-21)18-29-16-13-19(14-17-29)25-28-27-23-8-4-5-15-30(23)25/h1-12,15,19H,13-14,16-18H2,(H,26,31). The molecule has 0 unspecified atom stereocenters. The molecule has 1 saturated heterocycles. The van der Waals surface area contributed by atoms with Gasteiger partial charge in [0.1, 0.15) is 17.3 Å². The molecule has 0 bridgehead atoms. The van der Waals surface area contributed by atoms with E-state index in [1.807, 2.05) is 79.0 Å². The largest absolute Gasteiger partial charge is 0.457 e.